The van der Waals surface area contributed by atoms with Crippen LogP contribution in [0.25, 0.3) is 0 Å². The SMILES string of the molecule is Cc1nn(C)c(C)c1S(=O)(=O)N1CC2CCCC(N)C2C1. The van der Waals surface area contributed by atoms with Gasteiger partial charge in [0.2, 0.25) is 10.0 Å². The fourth-order valence-corrected chi connectivity index (χ4v) is 5.86. The third-order valence-electron chi connectivity index (χ3n) is 5.16. The Balaban J connectivity index is 1.93. The lowest BCUT2D eigenvalue weighted by molar-refractivity contribution is 0.260. The first-order valence-electron chi connectivity index (χ1n) is 7.58. The number of nitrogens with zero attached hydrogens (tertiary/aromatic N) is 3. The lowest BCUT2D eigenvalue weighted by atomic mass is 9.78. The molecule has 1 aliphatic carbocycles. The smallest absolute Gasteiger partial charge is 0.246 e. The summed E-state index contributed by atoms with van der Waals surface area (Å²) < 4.78 is 29.2. The van der Waals surface area contributed by atoms with E-state index >= 15 is 0 Å². The van der Waals surface area contributed by atoms with Gasteiger partial charge in [-0.05, 0) is 38.5 Å². The molecule has 3 atom stereocenters. The van der Waals surface area contributed by atoms with Gasteiger partial charge in [0.05, 0.1) is 11.4 Å². The summed E-state index contributed by atoms with van der Waals surface area (Å²) in [6.45, 7) is 4.73. The molecule has 0 aromatic carbocycles. The molecule has 0 spiro atoms. The van der Waals surface area contributed by atoms with E-state index in [0.717, 1.165) is 19.3 Å². The zero-order chi connectivity index (χ0) is 15.4. The van der Waals surface area contributed by atoms with Crippen molar-refractivity contribution in [2.24, 2.45) is 24.6 Å². The number of aryl methyl sites for hydroxylation is 2. The van der Waals surface area contributed by atoms with E-state index < -0.39 is 10.0 Å². The number of aromatic nitrogens is 2. The van der Waals surface area contributed by atoms with Crippen LogP contribution in [0.1, 0.15) is 30.7 Å². The highest BCUT2D eigenvalue weighted by Crippen LogP contribution is 2.38. The van der Waals surface area contributed by atoms with Gasteiger partial charge in [-0.25, -0.2) is 8.42 Å². The van der Waals surface area contributed by atoms with E-state index in [9.17, 15) is 8.42 Å². The summed E-state index contributed by atoms with van der Waals surface area (Å²) in [6, 6.07) is 0.139. The molecule has 3 unspecified atom stereocenters. The molecule has 1 saturated carbocycles. The fraction of sp³-hybridized carbons (Fsp3) is 0.786. The molecular weight excluding hydrogens is 288 g/mol. The highest BCUT2D eigenvalue weighted by atomic mass is 32.2. The predicted octanol–water partition coefficient (Wildman–Crippen LogP) is 0.785. The van der Waals surface area contributed by atoms with Gasteiger partial charge in [0.25, 0.3) is 0 Å². The number of hydrogen-bond acceptors (Lipinski definition) is 4. The van der Waals surface area contributed by atoms with Gasteiger partial charge < -0.3 is 5.73 Å². The van der Waals surface area contributed by atoms with Gasteiger partial charge in [0.1, 0.15) is 4.90 Å². The van der Waals surface area contributed by atoms with Gasteiger partial charge in [-0.2, -0.15) is 9.40 Å². The Morgan fingerprint density at radius 1 is 1.24 bits per heavy atom. The second-order valence-electron chi connectivity index (χ2n) is 6.46. The summed E-state index contributed by atoms with van der Waals surface area (Å²) >= 11 is 0. The normalized spacial score (nSPS) is 30.6. The molecule has 0 radical (unpaired) electrons. The maximum Gasteiger partial charge on any atom is 0.246 e. The number of hydrogen-bond donors (Lipinski definition) is 1. The molecule has 1 aromatic rings. The van der Waals surface area contributed by atoms with Crippen LogP contribution in [0.2, 0.25) is 0 Å². The minimum Gasteiger partial charge on any atom is -0.327 e. The Morgan fingerprint density at radius 3 is 2.52 bits per heavy atom. The Morgan fingerprint density at radius 2 is 1.95 bits per heavy atom. The largest absolute Gasteiger partial charge is 0.327 e. The van der Waals surface area contributed by atoms with Crippen LogP contribution in [0, 0.1) is 25.7 Å². The summed E-state index contributed by atoms with van der Waals surface area (Å²) in [5.41, 5.74) is 7.47. The van der Waals surface area contributed by atoms with Crippen LogP contribution in [0.15, 0.2) is 4.90 Å². The van der Waals surface area contributed by atoms with Gasteiger partial charge in [-0.15, -0.1) is 0 Å². The Bertz CT molecular complexity index is 652. The van der Waals surface area contributed by atoms with E-state index in [2.05, 4.69) is 5.10 Å². The molecule has 1 saturated heterocycles. The first-order valence-corrected chi connectivity index (χ1v) is 9.02. The quantitative estimate of drug-likeness (QED) is 0.875. The van der Waals surface area contributed by atoms with Gasteiger partial charge >= 0.3 is 0 Å². The summed E-state index contributed by atoms with van der Waals surface area (Å²) in [5, 5.41) is 4.24. The molecule has 6 nitrogen and oxygen atoms in total. The topological polar surface area (TPSA) is 81.2 Å². The maximum absolute atomic E-state index is 13.0. The van der Waals surface area contributed by atoms with Crippen molar-refractivity contribution in [2.45, 2.75) is 44.0 Å². The third-order valence-corrected chi connectivity index (χ3v) is 7.25. The molecule has 2 N–H and O–H groups in total. The van der Waals surface area contributed by atoms with Gasteiger partial charge in [-0.1, -0.05) is 6.42 Å². The van der Waals surface area contributed by atoms with Crippen molar-refractivity contribution in [3.8, 4) is 0 Å². The summed E-state index contributed by atoms with van der Waals surface area (Å²) in [4.78, 5) is 0.372. The molecule has 0 amide bonds. The van der Waals surface area contributed by atoms with Crippen LogP contribution in [-0.2, 0) is 17.1 Å². The number of sulfonamides is 1. The van der Waals surface area contributed by atoms with Crippen LogP contribution in [0.5, 0.6) is 0 Å². The second kappa shape index (κ2) is 5.07. The Labute approximate surface area is 126 Å². The first-order chi connectivity index (χ1) is 9.82. The number of rotatable bonds is 2. The van der Waals surface area contributed by atoms with Crippen LogP contribution < -0.4 is 5.73 Å². The number of fused-ring (bicyclic) bond motifs is 1. The lowest BCUT2D eigenvalue weighted by Gasteiger charge is -2.29. The molecule has 2 fully saturated rings. The molecule has 1 aromatic heterocycles. The minimum absolute atomic E-state index is 0.139. The Kier molecular flexibility index (Phi) is 3.62. The molecule has 1 aliphatic heterocycles. The fourth-order valence-electron chi connectivity index (χ4n) is 3.93. The van der Waals surface area contributed by atoms with Crippen molar-refractivity contribution in [2.75, 3.05) is 13.1 Å². The molecule has 118 valence electrons. The van der Waals surface area contributed by atoms with E-state index in [-0.39, 0.29) is 6.04 Å². The van der Waals surface area contributed by atoms with E-state index in [0.29, 0.717) is 41.2 Å². The van der Waals surface area contributed by atoms with Crippen molar-refractivity contribution in [1.82, 2.24) is 14.1 Å². The molecule has 2 heterocycles. The van der Waals surface area contributed by atoms with Crippen molar-refractivity contribution in [3.63, 3.8) is 0 Å². The van der Waals surface area contributed by atoms with Gasteiger partial charge in [0.15, 0.2) is 0 Å². The highest BCUT2D eigenvalue weighted by Gasteiger charge is 2.44. The summed E-state index contributed by atoms with van der Waals surface area (Å²) in [7, 11) is -1.69. The van der Waals surface area contributed by atoms with Crippen LogP contribution >= 0.6 is 0 Å². The lowest BCUT2D eigenvalue weighted by Crippen LogP contribution is -2.38. The molecule has 3 rings (SSSR count). The monoisotopic (exact) mass is 312 g/mol. The third kappa shape index (κ3) is 2.31. The predicted molar refractivity (Wildman–Crippen MR) is 80.2 cm³/mol. The average Bonchev–Trinajstić information content (AvgIpc) is 2.94. The van der Waals surface area contributed by atoms with Crippen molar-refractivity contribution in [1.29, 1.82) is 0 Å². The van der Waals surface area contributed by atoms with Gasteiger partial charge in [0, 0.05) is 26.2 Å². The van der Waals surface area contributed by atoms with E-state index in [1.54, 1.807) is 23.0 Å². The molecule has 2 aliphatic rings. The van der Waals surface area contributed by atoms with Crippen molar-refractivity contribution in [3.05, 3.63) is 11.4 Å². The van der Waals surface area contributed by atoms with Crippen molar-refractivity contribution < 1.29 is 8.42 Å². The molecule has 0 bridgehead atoms. The van der Waals surface area contributed by atoms with Crippen LogP contribution in [0.4, 0.5) is 0 Å². The second-order valence-corrected chi connectivity index (χ2v) is 8.34. The highest BCUT2D eigenvalue weighted by molar-refractivity contribution is 7.89. The molecule has 21 heavy (non-hydrogen) atoms. The van der Waals surface area contributed by atoms with Crippen LogP contribution in [-0.4, -0.2) is 41.6 Å². The summed E-state index contributed by atoms with van der Waals surface area (Å²) in [6.07, 6.45) is 3.22. The zero-order valence-corrected chi connectivity index (χ0v) is 13.7. The van der Waals surface area contributed by atoms with E-state index in [4.69, 9.17) is 5.73 Å². The van der Waals surface area contributed by atoms with Crippen molar-refractivity contribution >= 4 is 10.0 Å². The average molecular weight is 312 g/mol. The first kappa shape index (κ1) is 15.0. The standard InChI is InChI=1S/C14H24N4O2S/c1-9-14(10(2)17(3)16-9)21(19,20)18-7-11-5-4-6-13(15)12(11)8-18/h11-13H,4-8,15H2,1-3H3. The van der Waals surface area contributed by atoms with E-state index in [1.165, 1.54) is 0 Å². The van der Waals surface area contributed by atoms with Gasteiger partial charge in [-0.3, -0.25) is 4.68 Å². The number of nitrogens with two attached hydrogens (primary N) is 1. The summed E-state index contributed by atoms with van der Waals surface area (Å²) in [5.74, 6) is 0.728. The van der Waals surface area contributed by atoms with E-state index in [1.807, 2.05) is 6.92 Å². The molecule has 7 heteroatoms. The maximum atomic E-state index is 13.0. The molecular formula is C14H24N4O2S. The van der Waals surface area contributed by atoms with Crippen LogP contribution in [0.3, 0.4) is 0 Å². The Hall–Kier alpha value is -0.920. The zero-order valence-electron chi connectivity index (χ0n) is 12.9. The minimum atomic E-state index is -3.47.